The highest BCUT2D eigenvalue weighted by Gasteiger charge is 2.10. The summed E-state index contributed by atoms with van der Waals surface area (Å²) in [7, 11) is 0. The molecule has 0 aliphatic carbocycles. The normalized spacial score (nSPS) is 13.8. The lowest BCUT2D eigenvalue weighted by Crippen LogP contribution is -2.01. The summed E-state index contributed by atoms with van der Waals surface area (Å²) < 4.78 is 0. The largest absolute Gasteiger partial charge is 0.404 e. The third kappa shape index (κ3) is 10.4. The standard InChI is InChI=1S/C41H47N3/c1-5-8-17-33(30-42)18-15-21-38(31-43)35(7-3)26-24-32(4)40-27-25-34(29-41(40)44-39-22-13-10-14-23-39)28-37(16-6-2)36-19-11-9-12-20-36/h6,8-17,19-31,35,44H,4-5,7,18,42-43H2,1-3H3/b16-6-,17-8-,21-15-,26-24-,33-30+,37-28+,38-31+. The molecule has 0 saturated carbocycles. The van der Waals surface area contributed by atoms with Gasteiger partial charge in [-0.15, -0.1) is 0 Å². The van der Waals surface area contributed by atoms with E-state index < -0.39 is 0 Å². The Bertz CT molecular complexity index is 1550. The summed E-state index contributed by atoms with van der Waals surface area (Å²) in [6.07, 6.45) is 25.2. The number of anilines is 2. The van der Waals surface area contributed by atoms with Crippen LogP contribution in [-0.4, -0.2) is 0 Å². The molecule has 0 amide bonds. The summed E-state index contributed by atoms with van der Waals surface area (Å²) in [4.78, 5) is 0. The van der Waals surface area contributed by atoms with Crippen molar-refractivity contribution in [2.75, 3.05) is 5.32 Å². The summed E-state index contributed by atoms with van der Waals surface area (Å²) in [5.74, 6) is 0.159. The Hall–Kier alpha value is -5.02. The van der Waals surface area contributed by atoms with Crippen molar-refractivity contribution < 1.29 is 0 Å². The molecular weight excluding hydrogens is 534 g/mol. The maximum absolute atomic E-state index is 6.08. The fraction of sp³-hybridized carbons (Fsp3) is 0.171. The van der Waals surface area contributed by atoms with Gasteiger partial charge in [0.25, 0.3) is 0 Å². The Balaban J connectivity index is 1.91. The van der Waals surface area contributed by atoms with Gasteiger partial charge >= 0.3 is 0 Å². The second-order valence-corrected chi connectivity index (χ2v) is 10.5. The molecule has 0 saturated heterocycles. The Labute approximate surface area is 265 Å². The zero-order valence-corrected chi connectivity index (χ0v) is 26.4. The quantitative estimate of drug-likeness (QED) is 0.124. The number of rotatable bonds is 15. The first kappa shape index (κ1) is 33.5. The van der Waals surface area contributed by atoms with E-state index >= 15 is 0 Å². The Morgan fingerprint density at radius 1 is 0.841 bits per heavy atom. The molecule has 5 N–H and O–H groups in total. The van der Waals surface area contributed by atoms with Gasteiger partial charge in [0, 0.05) is 22.9 Å². The van der Waals surface area contributed by atoms with E-state index in [4.69, 9.17) is 11.5 Å². The van der Waals surface area contributed by atoms with Crippen LogP contribution < -0.4 is 16.8 Å². The van der Waals surface area contributed by atoms with Crippen LogP contribution in [0.4, 0.5) is 11.4 Å². The van der Waals surface area contributed by atoms with Gasteiger partial charge in [-0.25, -0.2) is 0 Å². The van der Waals surface area contributed by atoms with Gasteiger partial charge < -0.3 is 16.8 Å². The van der Waals surface area contributed by atoms with Crippen LogP contribution >= 0.6 is 0 Å². The van der Waals surface area contributed by atoms with E-state index in [1.165, 1.54) is 5.56 Å². The van der Waals surface area contributed by atoms with Gasteiger partial charge in [0.15, 0.2) is 0 Å². The highest BCUT2D eigenvalue weighted by atomic mass is 14.9. The molecule has 3 nitrogen and oxygen atoms in total. The molecule has 0 aliphatic rings. The van der Waals surface area contributed by atoms with E-state index in [1.54, 1.807) is 12.4 Å². The molecule has 44 heavy (non-hydrogen) atoms. The minimum Gasteiger partial charge on any atom is -0.404 e. The van der Waals surface area contributed by atoms with Crippen molar-refractivity contribution in [3.8, 4) is 0 Å². The van der Waals surface area contributed by atoms with Gasteiger partial charge in [0.2, 0.25) is 0 Å². The number of nitrogens with one attached hydrogen (secondary N) is 1. The first-order chi connectivity index (χ1) is 21.5. The van der Waals surface area contributed by atoms with Gasteiger partial charge in [0.1, 0.15) is 0 Å². The summed E-state index contributed by atoms with van der Waals surface area (Å²) >= 11 is 0. The fourth-order valence-corrected chi connectivity index (χ4v) is 4.83. The van der Waals surface area contributed by atoms with E-state index in [0.717, 1.165) is 64.1 Å². The second-order valence-electron chi connectivity index (χ2n) is 10.5. The summed E-state index contributed by atoms with van der Waals surface area (Å²) in [6.45, 7) is 10.8. The lowest BCUT2D eigenvalue weighted by Gasteiger charge is -2.15. The molecule has 0 fully saturated rings. The molecule has 226 valence electrons. The van der Waals surface area contributed by atoms with Crippen LogP contribution in [0, 0.1) is 5.92 Å². The molecule has 0 heterocycles. The predicted octanol–water partition coefficient (Wildman–Crippen LogP) is 10.7. The van der Waals surface area contributed by atoms with E-state index in [9.17, 15) is 0 Å². The summed E-state index contributed by atoms with van der Waals surface area (Å²) in [6, 6.07) is 27.2. The third-order valence-corrected chi connectivity index (χ3v) is 7.25. The number of allylic oxidation sites excluding steroid dienone is 12. The molecule has 3 aromatic carbocycles. The highest BCUT2D eigenvalue weighted by molar-refractivity contribution is 5.90. The minimum absolute atomic E-state index is 0.159. The van der Waals surface area contributed by atoms with E-state index in [2.05, 4.69) is 135 Å². The van der Waals surface area contributed by atoms with Crippen LogP contribution in [0.5, 0.6) is 0 Å². The van der Waals surface area contributed by atoms with E-state index in [0.29, 0.717) is 0 Å². The monoisotopic (exact) mass is 581 g/mol. The highest BCUT2D eigenvalue weighted by Crippen LogP contribution is 2.31. The topological polar surface area (TPSA) is 64.1 Å². The smallest absolute Gasteiger partial charge is 0.0469 e. The molecule has 3 rings (SSSR count). The van der Waals surface area contributed by atoms with Crippen molar-refractivity contribution in [2.45, 2.75) is 40.0 Å². The Kier molecular flexibility index (Phi) is 14.1. The molecule has 0 aromatic heterocycles. The van der Waals surface area contributed by atoms with Crippen LogP contribution in [-0.2, 0) is 0 Å². The third-order valence-electron chi connectivity index (χ3n) is 7.25. The predicted molar refractivity (Wildman–Crippen MR) is 195 cm³/mol. The van der Waals surface area contributed by atoms with Gasteiger partial charge in [0.05, 0.1) is 0 Å². The van der Waals surface area contributed by atoms with Crippen LogP contribution in [0.3, 0.4) is 0 Å². The Morgan fingerprint density at radius 2 is 1.57 bits per heavy atom. The maximum atomic E-state index is 6.08. The zero-order valence-electron chi connectivity index (χ0n) is 26.4. The molecule has 3 heteroatoms. The summed E-state index contributed by atoms with van der Waals surface area (Å²) in [5.41, 5.74) is 21.4. The molecule has 0 spiro atoms. The van der Waals surface area contributed by atoms with Crippen molar-refractivity contribution in [3.05, 3.63) is 174 Å². The molecular formula is C41H47N3. The number of hydrogen-bond acceptors (Lipinski definition) is 3. The lowest BCUT2D eigenvalue weighted by atomic mass is 9.93. The molecule has 3 aromatic rings. The van der Waals surface area contributed by atoms with Crippen molar-refractivity contribution >= 4 is 28.6 Å². The van der Waals surface area contributed by atoms with Crippen LogP contribution in [0.2, 0.25) is 0 Å². The minimum atomic E-state index is 0.159. The first-order valence-corrected chi connectivity index (χ1v) is 15.4. The summed E-state index contributed by atoms with van der Waals surface area (Å²) in [5, 5.41) is 3.63. The van der Waals surface area contributed by atoms with Crippen molar-refractivity contribution in [3.63, 3.8) is 0 Å². The van der Waals surface area contributed by atoms with Gasteiger partial charge in [-0.3, -0.25) is 0 Å². The van der Waals surface area contributed by atoms with Gasteiger partial charge in [-0.2, -0.15) is 0 Å². The van der Waals surface area contributed by atoms with E-state index in [1.807, 2.05) is 31.2 Å². The number of para-hydroxylation sites is 1. The zero-order chi connectivity index (χ0) is 31.6. The average molecular weight is 582 g/mol. The SMILES string of the molecule is C=C(/C=C\C(CC)C(/C=C\CC(/C=C\CC)=C/N)=C/N)c1ccc(/C=C(\C=C/C)c2ccccc2)cc1Nc1ccccc1. The molecule has 0 radical (unpaired) electrons. The van der Waals surface area contributed by atoms with Crippen molar-refractivity contribution in [1.82, 2.24) is 0 Å². The van der Waals surface area contributed by atoms with Crippen molar-refractivity contribution in [1.29, 1.82) is 0 Å². The lowest BCUT2D eigenvalue weighted by molar-refractivity contribution is 0.741. The number of nitrogens with two attached hydrogens (primary N) is 2. The second kappa shape index (κ2) is 18.5. The average Bonchev–Trinajstić information content (AvgIpc) is 3.06. The first-order valence-electron chi connectivity index (χ1n) is 15.4. The molecule has 1 unspecified atom stereocenters. The van der Waals surface area contributed by atoms with Crippen LogP contribution in [0.25, 0.3) is 17.2 Å². The molecule has 1 atom stereocenters. The van der Waals surface area contributed by atoms with E-state index in [-0.39, 0.29) is 5.92 Å². The maximum Gasteiger partial charge on any atom is 0.0469 e. The van der Waals surface area contributed by atoms with Crippen LogP contribution in [0.15, 0.2) is 158 Å². The van der Waals surface area contributed by atoms with Crippen molar-refractivity contribution in [2.24, 2.45) is 17.4 Å². The molecule has 0 bridgehead atoms. The molecule has 0 aliphatic heterocycles. The number of hydrogen-bond donors (Lipinski definition) is 3. The fourth-order valence-electron chi connectivity index (χ4n) is 4.83. The van der Waals surface area contributed by atoms with Gasteiger partial charge in [-0.05, 0) is 96.3 Å². The number of benzene rings is 3. The van der Waals surface area contributed by atoms with Crippen LogP contribution in [0.1, 0.15) is 56.7 Å². The van der Waals surface area contributed by atoms with Gasteiger partial charge in [-0.1, -0.05) is 130 Å². The Morgan fingerprint density at radius 3 is 2.20 bits per heavy atom.